The van der Waals surface area contributed by atoms with Gasteiger partial charge in [-0.15, -0.1) is 0 Å². The van der Waals surface area contributed by atoms with E-state index in [0.717, 1.165) is 55.8 Å². The Kier molecular flexibility index (Phi) is 7.46. The maximum absolute atomic E-state index is 9.15. The number of ether oxygens (including phenoxy) is 1. The zero-order valence-corrected chi connectivity index (χ0v) is 35.6. The Morgan fingerprint density at radius 2 is 1.37 bits per heavy atom. The van der Waals surface area contributed by atoms with E-state index in [1.165, 1.54) is 5.56 Å². The molecule has 0 bridgehead atoms. The standard InChI is InChI=1S/C54H53N5O/c1-35-22-24-36(25-23-35)41-17-15-18-44(54(8,9)10)51(41)58-34-57(46-20-13-14-21-47(46)58)39-28-38(53(5,6)7)29-40(31-39)60-50-32-48-43(33-56-50)42-16-11-12-19-45(42)59(48)49-30-37(26-27-55-49)52(2,3)4/h11-33H,1-10H3/q+2/i1D3,22D,23D,24D,25D. The van der Waals surface area contributed by atoms with Gasteiger partial charge in [0, 0.05) is 57.1 Å². The van der Waals surface area contributed by atoms with E-state index >= 15 is 0 Å². The molecule has 0 aliphatic carbocycles. The summed E-state index contributed by atoms with van der Waals surface area (Å²) in [6, 6.07) is 35.6. The predicted molar refractivity (Wildman–Crippen MR) is 250 cm³/mol. The van der Waals surface area contributed by atoms with Gasteiger partial charge in [-0.2, -0.15) is 0 Å². The molecular weight excluding hydrogens is 735 g/mol. The minimum absolute atomic E-state index is 0.00782. The van der Waals surface area contributed by atoms with Crippen molar-refractivity contribution in [1.29, 1.82) is 0 Å². The third kappa shape index (κ3) is 7.01. The summed E-state index contributed by atoms with van der Waals surface area (Å²) in [6.45, 7) is 16.4. The van der Waals surface area contributed by atoms with Gasteiger partial charge in [-0.1, -0.05) is 135 Å². The first-order valence-electron chi connectivity index (χ1n) is 23.8. The van der Waals surface area contributed by atoms with Gasteiger partial charge in [-0.25, -0.2) is 9.97 Å². The Balaban J connectivity index is 1.25. The number of fused-ring (bicyclic) bond motifs is 4. The number of hydrogen-bond acceptors (Lipinski definition) is 3. The Morgan fingerprint density at radius 3 is 2.08 bits per heavy atom. The highest BCUT2D eigenvalue weighted by atomic mass is 16.5. The zero-order chi connectivity index (χ0) is 48.1. The average Bonchev–Trinajstić information content (AvgIpc) is 3.80. The van der Waals surface area contributed by atoms with Crippen molar-refractivity contribution in [3.05, 3.63) is 162 Å². The summed E-state index contributed by atoms with van der Waals surface area (Å²) in [5, 5.41) is 2.03. The molecule has 9 rings (SSSR count). The van der Waals surface area contributed by atoms with E-state index < -0.39 is 42.0 Å². The Labute approximate surface area is 363 Å². The van der Waals surface area contributed by atoms with E-state index in [0.29, 0.717) is 22.9 Å². The molecule has 3 aromatic heterocycles. The van der Waals surface area contributed by atoms with Crippen LogP contribution in [0.3, 0.4) is 0 Å². The van der Waals surface area contributed by atoms with Crippen molar-refractivity contribution < 1.29 is 14.3 Å². The van der Waals surface area contributed by atoms with Crippen LogP contribution in [0.4, 0.5) is 22.7 Å². The van der Waals surface area contributed by atoms with Gasteiger partial charge in [0.05, 0.1) is 28.1 Å². The highest BCUT2D eigenvalue weighted by molar-refractivity contribution is 6.09. The van der Waals surface area contributed by atoms with Crippen LogP contribution in [0.25, 0.3) is 38.8 Å². The minimum Gasteiger partial charge on any atom is -0.439 e. The lowest BCUT2D eigenvalue weighted by atomic mass is 9.83. The molecule has 60 heavy (non-hydrogen) atoms. The topological polar surface area (TPSA) is 46.0 Å². The maximum atomic E-state index is 9.15. The smallest absolute Gasteiger partial charge is 0.439 e. The largest absolute Gasteiger partial charge is 0.503 e. The van der Waals surface area contributed by atoms with Gasteiger partial charge in [0.15, 0.2) is 0 Å². The molecule has 0 saturated carbocycles. The molecule has 6 heteroatoms. The van der Waals surface area contributed by atoms with Crippen molar-refractivity contribution in [3.63, 3.8) is 0 Å². The molecular formula is C54H53N5O+2. The molecule has 0 amide bonds. The Hall–Kier alpha value is -6.62. The van der Waals surface area contributed by atoms with Crippen LogP contribution in [0.1, 0.15) is 94.2 Å². The summed E-state index contributed by atoms with van der Waals surface area (Å²) < 4.78 is 72.8. The third-order valence-electron chi connectivity index (χ3n) is 11.1. The first-order valence-corrected chi connectivity index (χ1v) is 20.3. The highest BCUT2D eigenvalue weighted by Gasteiger charge is 2.41. The monoisotopic (exact) mass is 794 g/mol. The molecule has 5 aromatic carbocycles. The predicted octanol–water partition coefficient (Wildman–Crippen LogP) is 14.1. The molecule has 0 spiro atoms. The normalized spacial score (nSPS) is 15.0. The van der Waals surface area contributed by atoms with Gasteiger partial charge in [-0.3, -0.25) is 4.57 Å². The van der Waals surface area contributed by atoms with Gasteiger partial charge in [0.2, 0.25) is 17.3 Å². The second-order valence-electron chi connectivity index (χ2n) is 18.6. The summed E-state index contributed by atoms with van der Waals surface area (Å²) in [7, 11) is 0. The van der Waals surface area contributed by atoms with E-state index in [2.05, 4.69) is 103 Å². The van der Waals surface area contributed by atoms with Crippen LogP contribution in [0.15, 0.2) is 140 Å². The number of nitrogens with zero attached hydrogens (tertiary/aromatic N) is 5. The molecule has 4 heterocycles. The summed E-state index contributed by atoms with van der Waals surface area (Å²) in [6.07, 6.45) is 3.73. The molecule has 0 radical (unpaired) electrons. The molecule has 298 valence electrons. The Bertz CT molecular complexity index is 3390. The fraction of sp³-hybridized carbons (Fsp3) is 0.241. The van der Waals surface area contributed by atoms with E-state index in [4.69, 9.17) is 24.3 Å². The molecule has 6 nitrogen and oxygen atoms in total. The van der Waals surface area contributed by atoms with Gasteiger partial charge in [0.25, 0.3) is 11.4 Å². The molecule has 0 N–H and O–H groups in total. The van der Waals surface area contributed by atoms with E-state index in [1.54, 1.807) is 6.07 Å². The van der Waals surface area contributed by atoms with E-state index in [9.17, 15) is 0 Å². The van der Waals surface area contributed by atoms with Crippen LogP contribution in [-0.2, 0) is 16.2 Å². The first-order chi connectivity index (χ1) is 31.4. The number of para-hydroxylation sites is 4. The Morgan fingerprint density at radius 1 is 0.650 bits per heavy atom. The fourth-order valence-electron chi connectivity index (χ4n) is 7.94. The van der Waals surface area contributed by atoms with Gasteiger partial charge in [0.1, 0.15) is 11.6 Å². The minimum atomic E-state index is -2.84. The average molecular weight is 795 g/mol. The van der Waals surface area contributed by atoms with Crippen LogP contribution in [-0.4, -0.2) is 20.5 Å². The van der Waals surface area contributed by atoms with Crippen LogP contribution >= 0.6 is 0 Å². The first kappa shape index (κ1) is 31.3. The number of aromatic nitrogens is 3. The second-order valence-corrected chi connectivity index (χ2v) is 18.6. The summed E-state index contributed by atoms with van der Waals surface area (Å²) in [4.78, 5) is 9.71. The molecule has 0 unspecified atom stereocenters. The molecule has 0 fully saturated rings. The maximum Gasteiger partial charge on any atom is 0.503 e. The van der Waals surface area contributed by atoms with Crippen molar-refractivity contribution >= 4 is 50.6 Å². The fourth-order valence-corrected chi connectivity index (χ4v) is 7.94. The van der Waals surface area contributed by atoms with Crippen LogP contribution < -0.4 is 13.9 Å². The molecule has 1 aliphatic rings. The van der Waals surface area contributed by atoms with Crippen molar-refractivity contribution in [2.24, 2.45) is 0 Å². The van der Waals surface area contributed by atoms with Crippen molar-refractivity contribution in [3.8, 4) is 28.6 Å². The zero-order valence-electron chi connectivity index (χ0n) is 42.6. The van der Waals surface area contributed by atoms with Crippen LogP contribution in [0.5, 0.6) is 11.6 Å². The molecule has 1 aliphatic heterocycles. The highest BCUT2D eigenvalue weighted by Crippen LogP contribution is 2.45. The van der Waals surface area contributed by atoms with Crippen molar-refractivity contribution in [1.82, 2.24) is 23.7 Å². The summed E-state index contributed by atoms with van der Waals surface area (Å²) >= 11 is 0. The van der Waals surface area contributed by atoms with Gasteiger partial charge in [-0.05, 0) is 79.3 Å². The molecule has 0 atom stereocenters. The second kappa shape index (κ2) is 14.3. The summed E-state index contributed by atoms with van der Waals surface area (Å²) in [5.41, 5.74) is 6.86. The van der Waals surface area contributed by atoms with Crippen molar-refractivity contribution in [2.75, 3.05) is 0 Å². The molecule has 8 aromatic rings. The number of pyridine rings is 2. The third-order valence-corrected chi connectivity index (χ3v) is 11.1. The number of benzene rings is 5. The van der Waals surface area contributed by atoms with Gasteiger partial charge < -0.3 is 4.74 Å². The molecule has 0 saturated heterocycles. The van der Waals surface area contributed by atoms with Crippen molar-refractivity contribution in [2.45, 2.75) is 85.4 Å². The van der Waals surface area contributed by atoms with E-state index in [1.807, 2.05) is 88.3 Å². The lowest BCUT2D eigenvalue weighted by Gasteiger charge is -2.21. The SMILES string of the molecule is [2H]c1c([2H])c(C([2H])([2H])[2H])c([2H])c([2H])c1-c1cccc(C(C)(C)C)c1[N+]1=C=[N+](c2cc(Oc3cc4c(cn3)c3ccccc3n4-c3cc(C(C)(C)C)ccn3)cc(C(C)(C)C)c2)c2ccccc21. The number of hydrogen-bond donors (Lipinski definition) is 0. The van der Waals surface area contributed by atoms with Crippen LogP contribution in [0, 0.1) is 6.85 Å². The van der Waals surface area contributed by atoms with Gasteiger partial charge >= 0.3 is 6.01 Å². The van der Waals surface area contributed by atoms with E-state index in [-0.39, 0.29) is 16.4 Å². The summed E-state index contributed by atoms with van der Waals surface area (Å²) in [5.74, 6) is 1.78. The van der Waals surface area contributed by atoms with Crippen LogP contribution in [0.2, 0.25) is 0 Å². The number of rotatable bonds is 6. The lowest BCUT2D eigenvalue weighted by molar-refractivity contribution is 0.460. The quantitative estimate of drug-likeness (QED) is 0.158. The lowest BCUT2D eigenvalue weighted by Crippen LogP contribution is -2.16.